The van der Waals surface area contributed by atoms with E-state index >= 15 is 0 Å². The number of benzene rings is 2. The first-order chi connectivity index (χ1) is 14.5. The third-order valence-corrected chi connectivity index (χ3v) is 5.39. The molecule has 2 heterocycles. The normalized spacial score (nSPS) is 12.9. The van der Waals surface area contributed by atoms with Gasteiger partial charge in [-0.2, -0.15) is 5.10 Å². The fraction of sp³-hybridized carbons (Fsp3) is 0.190. The molecule has 2 aromatic carbocycles. The Hall–Kier alpha value is -3.59. The number of hydrogen-bond acceptors (Lipinski definition) is 5. The Morgan fingerprint density at radius 2 is 1.83 bits per heavy atom. The summed E-state index contributed by atoms with van der Waals surface area (Å²) in [6.07, 6.45) is 0.503. The van der Waals surface area contributed by atoms with Gasteiger partial charge in [-0.25, -0.2) is 0 Å². The van der Waals surface area contributed by atoms with Crippen molar-refractivity contribution in [3.8, 4) is 0 Å². The van der Waals surface area contributed by atoms with Gasteiger partial charge in [-0.3, -0.25) is 24.4 Å². The number of amides is 3. The highest BCUT2D eigenvalue weighted by atomic mass is 32.1. The Morgan fingerprint density at radius 1 is 1.10 bits per heavy atom. The van der Waals surface area contributed by atoms with E-state index in [0.717, 1.165) is 11.4 Å². The number of nitrogens with zero attached hydrogens (tertiary/aromatic N) is 3. The number of carbonyl (C=O) groups excluding carboxylic acids is 3. The minimum atomic E-state index is -0.393. The molecule has 0 spiro atoms. The third kappa shape index (κ3) is 3.67. The molecule has 0 aliphatic carbocycles. The van der Waals surface area contributed by atoms with Crippen molar-refractivity contribution in [1.29, 1.82) is 0 Å². The Labute approximate surface area is 177 Å². The lowest BCUT2D eigenvalue weighted by atomic mass is 10.1. The summed E-state index contributed by atoms with van der Waals surface area (Å²) < 4.78 is 2.25. The van der Waals surface area contributed by atoms with Crippen LogP contribution >= 0.6 is 12.2 Å². The maximum atomic E-state index is 12.8. The largest absolute Gasteiger partial charge is 0.352 e. The number of fused-ring (bicyclic) bond motifs is 1. The lowest BCUT2D eigenvalue weighted by Crippen LogP contribution is -2.29. The molecule has 3 amide bonds. The first-order valence-corrected chi connectivity index (χ1v) is 9.79. The van der Waals surface area contributed by atoms with Gasteiger partial charge in [0.05, 0.1) is 17.7 Å². The minimum absolute atomic E-state index is 0.195. The molecular weight excluding hydrogens is 402 g/mol. The van der Waals surface area contributed by atoms with E-state index in [1.54, 1.807) is 17.7 Å². The van der Waals surface area contributed by atoms with Crippen LogP contribution < -0.4 is 5.32 Å². The zero-order chi connectivity index (χ0) is 21.3. The molecule has 1 aliphatic rings. The molecule has 30 heavy (non-hydrogen) atoms. The fourth-order valence-electron chi connectivity index (χ4n) is 3.33. The summed E-state index contributed by atoms with van der Waals surface area (Å²) in [4.78, 5) is 39.1. The van der Waals surface area contributed by atoms with Gasteiger partial charge in [0, 0.05) is 25.6 Å². The van der Waals surface area contributed by atoms with Gasteiger partial charge >= 0.3 is 0 Å². The van der Waals surface area contributed by atoms with Crippen LogP contribution in [0.1, 0.15) is 42.5 Å². The zero-order valence-corrected chi connectivity index (χ0v) is 17.0. The van der Waals surface area contributed by atoms with Crippen molar-refractivity contribution in [2.24, 2.45) is 7.05 Å². The van der Waals surface area contributed by atoms with Gasteiger partial charge < -0.3 is 9.88 Å². The molecular formula is C21H19N5O3S. The van der Waals surface area contributed by atoms with Crippen LogP contribution in [0, 0.1) is 4.77 Å². The predicted octanol–water partition coefficient (Wildman–Crippen LogP) is 2.25. The number of imide groups is 1. The molecule has 0 atom stereocenters. The number of aromatic nitrogens is 3. The zero-order valence-electron chi connectivity index (χ0n) is 16.2. The smallest absolute Gasteiger partial charge is 0.261 e. The number of hydrogen-bond donors (Lipinski definition) is 2. The molecule has 8 nitrogen and oxygen atoms in total. The van der Waals surface area contributed by atoms with E-state index in [1.165, 1.54) is 17.0 Å². The first kappa shape index (κ1) is 19.7. The standard InChI is InChI=1S/C21H19N5O3S/c1-25-17(23-24-21(25)30)9-10-22-18(27)14-7-8-15-16(11-14)20(29)26(19(15)28)12-13-5-3-2-4-6-13/h2-8,11H,9-10,12H2,1H3,(H,22,27)(H,24,30). The molecule has 0 fully saturated rings. The Morgan fingerprint density at radius 3 is 2.53 bits per heavy atom. The van der Waals surface area contributed by atoms with Crippen molar-refractivity contribution in [3.05, 3.63) is 81.4 Å². The lowest BCUT2D eigenvalue weighted by molar-refractivity contribution is 0.0642. The molecule has 0 saturated carbocycles. The molecule has 152 valence electrons. The summed E-state index contributed by atoms with van der Waals surface area (Å²) in [7, 11) is 1.80. The van der Waals surface area contributed by atoms with Crippen LogP contribution in [-0.2, 0) is 20.0 Å². The van der Waals surface area contributed by atoms with E-state index in [-0.39, 0.29) is 23.9 Å². The monoisotopic (exact) mass is 421 g/mol. The molecule has 0 radical (unpaired) electrons. The number of H-pyrrole nitrogens is 1. The topological polar surface area (TPSA) is 100 Å². The molecule has 1 aromatic heterocycles. The van der Waals surface area contributed by atoms with Gasteiger partial charge in [0.15, 0.2) is 4.77 Å². The van der Waals surface area contributed by atoms with Crippen molar-refractivity contribution in [1.82, 2.24) is 25.0 Å². The van der Waals surface area contributed by atoms with E-state index in [4.69, 9.17) is 12.2 Å². The van der Waals surface area contributed by atoms with Crippen molar-refractivity contribution in [2.45, 2.75) is 13.0 Å². The van der Waals surface area contributed by atoms with Gasteiger partial charge in [0.25, 0.3) is 17.7 Å². The summed E-state index contributed by atoms with van der Waals surface area (Å²) in [6, 6.07) is 13.9. The van der Waals surface area contributed by atoms with Gasteiger partial charge in [0.2, 0.25) is 0 Å². The number of aromatic amines is 1. The third-order valence-electron chi connectivity index (χ3n) is 5.02. The Bertz CT molecular complexity index is 1200. The van der Waals surface area contributed by atoms with E-state index < -0.39 is 5.91 Å². The summed E-state index contributed by atoms with van der Waals surface area (Å²) in [5.41, 5.74) is 1.75. The summed E-state index contributed by atoms with van der Waals surface area (Å²) in [6.45, 7) is 0.552. The molecule has 9 heteroatoms. The van der Waals surface area contributed by atoms with Crippen LogP contribution in [0.4, 0.5) is 0 Å². The summed E-state index contributed by atoms with van der Waals surface area (Å²) in [5.74, 6) is -0.338. The molecule has 0 unspecified atom stereocenters. The van der Waals surface area contributed by atoms with Crippen molar-refractivity contribution < 1.29 is 14.4 Å². The SMILES string of the molecule is Cn1c(CCNC(=O)c2ccc3c(c2)C(=O)N(Cc2ccccc2)C3=O)n[nH]c1=S. The average molecular weight is 421 g/mol. The first-order valence-electron chi connectivity index (χ1n) is 9.38. The minimum Gasteiger partial charge on any atom is -0.352 e. The second kappa shape index (κ2) is 8.03. The molecule has 3 aromatic rings. The van der Waals surface area contributed by atoms with Crippen LogP contribution in [0.2, 0.25) is 0 Å². The second-order valence-corrected chi connectivity index (χ2v) is 7.34. The number of carbonyl (C=O) groups is 3. The molecule has 0 saturated heterocycles. The molecule has 2 N–H and O–H groups in total. The van der Waals surface area contributed by atoms with E-state index in [9.17, 15) is 14.4 Å². The highest BCUT2D eigenvalue weighted by Crippen LogP contribution is 2.25. The van der Waals surface area contributed by atoms with Crippen molar-refractivity contribution in [3.63, 3.8) is 0 Å². The van der Waals surface area contributed by atoms with Crippen LogP contribution in [0.5, 0.6) is 0 Å². The van der Waals surface area contributed by atoms with Crippen LogP contribution in [0.25, 0.3) is 0 Å². The van der Waals surface area contributed by atoms with Crippen LogP contribution in [-0.4, -0.2) is 43.9 Å². The van der Waals surface area contributed by atoms with Crippen LogP contribution in [0.3, 0.4) is 0 Å². The maximum absolute atomic E-state index is 12.8. The van der Waals surface area contributed by atoms with E-state index in [0.29, 0.717) is 28.9 Å². The Kier molecular flexibility index (Phi) is 5.28. The molecule has 0 bridgehead atoms. The molecule has 4 rings (SSSR count). The van der Waals surface area contributed by atoms with E-state index in [1.807, 2.05) is 30.3 Å². The van der Waals surface area contributed by atoms with Crippen molar-refractivity contribution in [2.75, 3.05) is 6.54 Å². The quantitative estimate of drug-likeness (QED) is 0.470. The predicted molar refractivity (Wildman–Crippen MR) is 112 cm³/mol. The number of nitrogens with one attached hydrogen (secondary N) is 2. The lowest BCUT2D eigenvalue weighted by Gasteiger charge is -2.13. The Balaban J connectivity index is 1.45. The van der Waals surface area contributed by atoms with Gasteiger partial charge in [0.1, 0.15) is 5.82 Å². The second-order valence-electron chi connectivity index (χ2n) is 6.95. The average Bonchev–Trinajstić information content (AvgIpc) is 3.20. The summed E-state index contributed by atoms with van der Waals surface area (Å²) >= 11 is 5.06. The highest BCUT2D eigenvalue weighted by molar-refractivity contribution is 7.71. The van der Waals surface area contributed by atoms with Crippen molar-refractivity contribution >= 4 is 29.9 Å². The van der Waals surface area contributed by atoms with Gasteiger partial charge in [-0.05, 0) is 36.0 Å². The van der Waals surface area contributed by atoms with Crippen LogP contribution in [0.15, 0.2) is 48.5 Å². The number of rotatable bonds is 6. The fourth-order valence-corrected chi connectivity index (χ4v) is 3.49. The maximum Gasteiger partial charge on any atom is 0.261 e. The highest BCUT2D eigenvalue weighted by Gasteiger charge is 2.35. The van der Waals surface area contributed by atoms with Gasteiger partial charge in [-0.1, -0.05) is 30.3 Å². The summed E-state index contributed by atoms with van der Waals surface area (Å²) in [5, 5.41) is 9.60. The van der Waals surface area contributed by atoms with E-state index in [2.05, 4.69) is 15.5 Å². The molecule has 1 aliphatic heterocycles. The van der Waals surface area contributed by atoms with Gasteiger partial charge in [-0.15, -0.1) is 0 Å².